The minimum Gasteiger partial charge on any atom is -0.504 e. The Hall–Kier alpha value is -3.06. The van der Waals surface area contributed by atoms with Crippen molar-refractivity contribution in [2.45, 2.75) is 44.6 Å². The fourth-order valence-corrected chi connectivity index (χ4v) is 3.12. The largest absolute Gasteiger partial charge is 0.504 e. The zero-order valence-corrected chi connectivity index (χ0v) is 17.3. The topological polar surface area (TPSA) is 113 Å². The Balaban J connectivity index is 1.74. The summed E-state index contributed by atoms with van der Waals surface area (Å²) < 4.78 is 10.1. The lowest BCUT2D eigenvalue weighted by molar-refractivity contribution is -0.123. The Kier molecular flexibility index (Phi) is 8.68. The molecule has 2 aromatic carbocycles. The van der Waals surface area contributed by atoms with Gasteiger partial charge < -0.3 is 24.8 Å². The molecule has 7 heteroatoms. The van der Waals surface area contributed by atoms with Crippen LogP contribution >= 0.6 is 0 Å². The summed E-state index contributed by atoms with van der Waals surface area (Å²) in [5.41, 5.74) is 1.68. The molecule has 2 aromatic rings. The van der Waals surface area contributed by atoms with Gasteiger partial charge in [0.05, 0.1) is 20.3 Å². The van der Waals surface area contributed by atoms with E-state index in [1.165, 1.54) is 26.4 Å². The Morgan fingerprint density at radius 3 is 1.57 bits per heavy atom. The predicted octanol–water partition coefficient (Wildman–Crippen LogP) is 2.96. The van der Waals surface area contributed by atoms with Crippen molar-refractivity contribution in [3.05, 3.63) is 47.5 Å². The van der Waals surface area contributed by atoms with Crippen LogP contribution in [0.1, 0.15) is 36.8 Å². The van der Waals surface area contributed by atoms with Crippen LogP contribution in [0.4, 0.5) is 0 Å². The minimum absolute atomic E-state index is 0.0345. The van der Waals surface area contributed by atoms with E-state index in [-0.39, 0.29) is 48.7 Å². The Bertz CT molecular complexity index is 804. The number of carbonyl (C=O) groups is 2. The van der Waals surface area contributed by atoms with Gasteiger partial charge in [0.1, 0.15) is 11.6 Å². The van der Waals surface area contributed by atoms with E-state index in [9.17, 15) is 24.9 Å². The highest BCUT2D eigenvalue weighted by Crippen LogP contribution is 2.27. The SMILES string of the molecule is COc1cc(CCC(=O)CC(O)CC(=O)CCc2ccc(O)c(OC)c2)ccc1O. The van der Waals surface area contributed by atoms with Crippen LogP contribution in [0, 0.1) is 0 Å². The average Bonchev–Trinajstić information content (AvgIpc) is 2.72. The summed E-state index contributed by atoms with van der Waals surface area (Å²) in [6, 6.07) is 9.78. The summed E-state index contributed by atoms with van der Waals surface area (Å²) in [5, 5.41) is 29.3. The molecule has 0 aliphatic carbocycles. The molecule has 0 aromatic heterocycles. The second-order valence-corrected chi connectivity index (χ2v) is 7.15. The van der Waals surface area contributed by atoms with Gasteiger partial charge in [-0.25, -0.2) is 0 Å². The van der Waals surface area contributed by atoms with Crippen molar-refractivity contribution in [2.75, 3.05) is 14.2 Å². The molecule has 0 unspecified atom stereocenters. The molecule has 0 radical (unpaired) electrons. The average molecular weight is 416 g/mol. The summed E-state index contributed by atoms with van der Waals surface area (Å²) in [4.78, 5) is 24.2. The van der Waals surface area contributed by atoms with E-state index in [0.717, 1.165) is 11.1 Å². The fraction of sp³-hybridized carbons (Fsp3) is 0.391. The Morgan fingerprint density at radius 1 is 0.800 bits per heavy atom. The number of phenols is 2. The Morgan fingerprint density at radius 2 is 1.20 bits per heavy atom. The zero-order valence-electron chi connectivity index (χ0n) is 17.3. The quantitative estimate of drug-likeness (QED) is 0.487. The van der Waals surface area contributed by atoms with E-state index in [4.69, 9.17) is 9.47 Å². The van der Waals surface area contributed by atoms with Crippen molar-refractivity contribution >= 4 is 11.6 Å². The first-order valence-corrected chi connectivity index (χ1v) is 9.75. The van der Waals surface area contributed by atoms with Crippen LogP contribution in [0.15, 0.2) is 36.4 Å². The van der Waals surface area contributed by atoms with Crippen LogP contribution in [0.25, 0.3) is 0 Å². The number of aliphatic hydroxyl groups excluding tert-OH is 1. The molecule has 0 bridgehead atoms. The number of ether oxygens (including phenoxy) is 2. The number of aromatic hydroxyl groups is 2. The lowest BCUT2D eigenvalue weighted by atomic mass is 9.99. The number of rotatable bonds is 12. The molecule has 0 heterocycles. The van der Waals surface area contributed by atoms with Gasteiger partial charge >= 0.3 is 0 Å². The van der Waals surface area contributed by atoms with Gasteiger partial charge in [-0.1, -0.05) is 12.1 Å². The highest BCUT2D eigenvalue weighted by atomic mass is 16.5. The first-order valence-electron chi connectivity index (χ1n) is 9.75. The summed E-state index contributed by atoms with van der Waals surface area (Å²) in [6.07, 6.45) is 0.215. The van der Waals surface area contributed by atoms with Gasteiger partial charge in [0.15, 0.2) is 23.0 Å². The molecule has 0 amide bonds. The monoisotopic (exact) mass is 416 g/mol. The first kappa shape index (κ1) is 23.2. The number of methoxy groups -OCH3 is 2. The molecule has 30 heavy (non-hydrogen) atoms. The van der Waals surface area contributed by atoms with Gasteiger partial charge in [-0.15, -0.1) is 0 Å². The van der Waals surface area contributed by atoms with E-state index in [1.807, 2.05) is 0 Å². The normalized spacial score (nSPS) is 10.8. The van der Waals surface area contributed by atoms with E-state index in [2.05, 4.69) is 0 Å². The number of ketones is 2. The number of phenolic OH excluding ortho intramolecular Hbond substituents is 2. The Labute approximate surface area is 175 Å². The maximum absolute atomic E-state index is 12.1. The summed E-state index contributed by atoms with van der Waals surface area (Å²) in [7, 11) is 2.91. The first-order chi connectivity index (χ1) is 14.3. The summed E-state index contributed by atoms with van der Waals surface area (Å²) in [5.74, 6) is 0.490. The second-order valence-electron chi connectivity index (χ2n) is 7.15. The number of benzene rings is 2. The number of aryl methyl sites for hydroxylation is 2. The van der Waals surface area contributed by atoms with Crippen molar-refractivity contribution in [1.82, 2.24) is 0 Å². The highest BCUT2D eigenvalue weighted by molar-refractivity contribution is 5.82. The molecule has 2 rings (SSSR count). The molecule has 0 fully saturated rings. The van der Waals surface area contributed by atoms with Crippen LogP contribution in [0.2, 0.25) is 0 Å². The van der Waals surface area contributed by atoms with Gasteiger partial charge in [-0.2, -0.15) is 0 Å². The molecule has 0 aliphatic heterocycles. The summed E-state index contributed by atoms with van der Waals surface area (Å²) >= 11 is 0. The third-order valence-corrected chi connectivity index (χ3v) is 4.80. The molecule has 0 aliphatic rings. The van der Waals surface area contributed by atoms with E-state index < -0.39 is 6.10 Å². The summed E-state index contributed by atoms with van der Waals surface area (Å²) in [6.45, 7) is 0. The van der Waals surface area contributed by atoms with E-state index in [0.29, 0.717) is 24.3 Å². The highest BCUT2D eigenvalue weighted by Gasteiger charge is 2.16. The van der Waals surface area contributed by atoms with Crippen molar-refractivity contribution in [3.8, 4) is 23.0 Å². The molecule has 162 valence electrons. The van der Waals surface area contributed by atoms with Gasteiger partial charge in [-0.3, -0.25) is 9.59 Å². The number of hydrogen-bond donors (Lipinski definition) is 3. The maximum Gasteiger partial charge on any atom is 0.160 e. The van der Waals surface area contributed by atoms with E-state index >= 15 is 0 Å². The van der Waals surface area contributed by atoms with Crippen molar-refractivity contribution < 1.29 is 34.4 Å². The van der Waals surface area contributed by atoms with Crippen molar-refractivity contribution in [1.29, 1.82) is 0 Å². The smallest absolute Gasteiger partial charge is 0.160 e. The number of Topliss-reactive ketones (excluding diaryl/α,β-unsaturated/α-hetero) is 2. The fourth-order valence-electron chi connectivity index (χ4n) is 3.12. The minimum atomic E-state index is -1.01. The molecule has 0 spiro atoms. The molecular formula is C23H28O7. The lowest BCUT2D eigenvalue weighted by Crippen LogP contribution is -2.18. The van der Waals surface area contributed by atoms with Crippen LogP contribution in [0.5, 0.6) is 23.0 Å². The van der Waals surface area contributed by atoms with Crippen molar-refractivity contribution in [2.24, 2.45) is 0 Å². The van der Waals surface area contributed by atoms with Gasteiger partial charge in [0.2, 0.25) is 0 Å². The van der Waals surface area contributed by atoms with Crippen LogP contribution in [0.3, 0.4) is 0 Å². The number of aliphatic hydroxyl groups is 1. The molecule has 0 saturated carbocycles. The number of carbonyl (C=O) groups excluding carboxylic acids is 2. The number of hydrogen-bond acceptors (Lipinski definition) is 7. The molecule has 0 atom stereocenters. The standard InChI is InChI=1S/C23H28O7/c1-29-22-11-15(5-9-20(22)27)3-7-17(24)13-19(26)14-18(25)8-4-16-6-10-21(28)23(12-16)30-2/h5-6,9-12,19,26-28H,3-4,7-8,13-14H2,1-2H3. The van der Waals surface area contributed by atoms with E-state index in [1.54, 1.807) is 24.3 Å². The van der Waals surface area contributed by atoms with Crippen LogP contribution in [-0.2, 0) is 22.4 Å². The molecule has 0 saturated heterocycles. The third kappa shape index (κ3) is 7.08. The van der Waals surface area contributed by atoms with Crippen LogP contribution in [-0.4, -0.2) is 47.2 Å². The van der Waals surface area contributed by atoms with Crippen LogP contribution < -0.4 is 9.47 Å². The second kappa shape index (κ2) is 11.2. The van der Waals surface area contributed by atoms with Gasteiger partial charge in [-0.05, 0) is 48.2 Å². The predicted molar refractivity (Wildman–Crippen MR) is 111 cm³/mol. The lowest BCUT2D eigenvalue weighted by Gasteiger charge is -2.10. The molecular weight excluding hydrogens is 388 g/mol. The van der Waals surface area contributed by atoms with Gasteiger partial charge in [0.25, 0.3) is 0 Å². The third-order valence-electron chi connectivity index (χ3n) is 4.80. The molecule has 3 N–H and O–H groups in total. The van der Waals surface area contributed by atoms with Gasteiger partial charge in [0, 0.05) is 25.7 Å². The maximum atomic E-state index is 12.1. The zero-order chi connectivity index (χ0) is 22.1. The molecule has 7 nitrogen and oxygen atoms in total. The van der Waals surface area contributed by atoms with Crippen molar-refractivity contribution in [3.63, 3.8) is 0 Å².